The monoisotopic (exact) mass is 286 g/mol. The molecule has 20 heavy (non-hydrogen) atoms. The molecule has 0 unspecified atom stereocenters. The molecule has 0 aliphatic carbocycles. The summed E-state index contributed by atoms with van der Waals surface area (Å²) >= 11 is 0. The molecule has 0 spiro atoms. The molecule has 1 aromatic carbocycles. The Balaban J connectivity index is 2.27. The van der Waals surface area contributed by atoms with Gasteiger partial charge in [0.25, 0.3) is 10.0 Å². The van der Waals surface area contributed by atoms with Crippen LogP contribution in [0.5, 0.6) is 0 Å². The van der Waals surface area contributed by atoms with Crippen molar-refractivity contribution in [3.05, 3.63) is 59.9 Å². The normalized spacial score (nSPS) is 10.5. The number of rotatable bonds is 2. The van der Waals surface area contributed by atoms with Gasteiger partial charge in [0.15, 0.2) is 0 Å². The number of hydrogen-bond donors (Lipinski definition) is 0. The van der Waals surface area contributed by atoms with Crippen LogP contribution in [-0.4, -0.2) is 24.8 Å². The number of pyridine rings is 1. The lowest BCUT2D eigenvalue weighted by Gasteiger charge is -2.12. The Hall–Kier alpha value is -2.32. The highest BCUT2D eigenvalue weighted by Crippen LogP contribution is 2.14. The highest BCUT2D eigenvalue weighted by molar-refractivity contribution is 7.89. The van der Waals surface area contributed by atoms with Crippen LogP contribution in [0.2, 0.25) is 0 Å². The van der Waals surface area contributed by atoms with E-state index < -0.39 is 10.0 Å². The van der Waals surface area contributed by atoms with Crippen molar-refractivity contribution in [3.8, 4) is 12.0 Å². The molecular weight excluding hydrogens is 272 g/mol. The molecule has 1 aromatic heterocycles. The molecule has 5 heteroatoms. The SMILES string of the molecule is Cc1ccc(S(=O)(=O)N(C)C#Cc2cccnc2)cc1. The molecule has 0 aliphatic heterocycles. The molecule has 0 radical (unpaired) electrons. The number of aromatic nitrogens is 1. The van der Waals surface area contributed by atoms with E-state index in [-0.39, 0.29) is 4.90 Å². The van der Waals surface area contributed by atoms with Gasteiger partial charge in [-0.25, -0.2) is 12.7 Å². The molecule has 2 aromatic rings. The van der Waals surface area contributed by atoms with Crippen LogP contribution in [0.4, 0.5) is 0 Å². The zero-order valence-corrected chi connectivity index (χ0v) is 12.1. The van der Waals surface area contributed by atoms with Crippen molar-refractivity contribution in [2.24, 2.45) is 0 Å². The zero-order chi connectivity index (χ0) is 14.6. The fourth-order valence-electron chi connectivity index (χ4n) is 1.51. The van der Waals surface area contributed by atoms with Crippen LogP contribution in [0.25, 0.3) is 0 Å². The summed E-state index contributed by atoms with van der Waals surface area (Å²) in [5.74, 6) is 2.77. The first kappa shape index (κ1) is 14.1. The lowest BCUT2D eigenvalue weighted by Crippen LogP contribution is -2.22. The lowest BCUT2D eigenvalue weighted by atomic mass is 10.2. The van der Waals surface area contributed by atoms with Crippen LogP contribution in [-0.2, 0) is 10.0 Å². The van der Waals surface area contributed by atoms with Crippen molar-refractivity contribution in [1.82, 2.24) is 9.29 Å². The second-order valence-electron chi connectivity index (χ2n) is 4.26. The molecule has 0 aliphatic rings. The third-order valence-corrected chi connectivity index (χ3v) is 4.38. The maximum Gasteiger partial charge on any atom is 0.270 e. The van der Waals surface area contributed by atoms with Gasteiger partial charge in [0.2, 0.25) is 0 Å². The molecular formula is C15H14N2O2S. The quantitative estimate of drug-likeness (QED) is 0.627. The molecule has 0 amide bonds. The first-order valence-corrected chi connectivity index (χ1v) is 7.41. The topological polar surface area (TPSA) is 50.3 Å². The maximum absolute atomic E-state index is 12.3. The molecule has 0 atom stereocenters. The van der Waals surface area contributed by atoms with Gasteiger partial charge in [-0.3, -0.25) is 4.98 Å². The average Bonchev–Trinajstić information content (AvgIpc) is 2.46. The van der Waals surface area contributed by atoms with Crippen molar-refractivity contribution in [3.63, 3.8) is 0 Å². The molecule has 2 rings (SSSR count). The van der Waals surface area contributed by atoms with Crippen LogP contribution in [0.3, 0.4) is 0 Å². The van der Waals surface area contributed by atoms with E-state index in [1.807, 2.05) is 6.92 Å². The number of sulfonamides is 1. The van der Waals surface area contributed by atoms with Crippen LogP contribution in [0, 0.1) is 18.9 Å². The molecule has 1 heterocycles. The summed E-state index contributed by atoms with van der Waals surface area (Å²) in [4.78, 5) is 4.15. The van der Waals surface area contributed by atoms with E-state index in [0.29, 0.717) is 5.56 Å². The lowest BCUT2D eigenvalue weighted by molar-refractivity contribution is 0.547. The van der Waals surface area contributed by atoms with E-state index in [4.69, 9.17) is 0 Å². The first-order valence-electron chi connectivity index (χ1n) is 5.97. The molecule has 0 fully saturated rings. The van der Waals surface area contributed by atoms with Crippen LogP contribution in [0.15, 0.2) is 53.7 Å². The number of aryl methyl sites for hydroxylation is 1. The predicted molar refractivity (Wildman–Crippen MR) is 77.2 cm³/mol. The van der Waals surface area contributed by atoms with E-state index in [9.17, 15) is 8.42 Å². The van der Waals surface area contributed by atoms with Crippen molar-refractivity contribution in [2.45, 2.75) is 11.8 Å². The fourth-order valence-corrected chi connectivity index (χ4v) is 2.47. The van der Waals surface area contributed by atoms with Crippen LogP contribution >= 0.6 is 0 Å². The second kappa shape index (κ2) is 5.76. The third-order valence-electron chi connectivity index (χ3n) is 2.70. The minimum Gasteiger partial charge on any atom is -0.263 e. The number of hydrogen-bond acceptors (Lipinski definition) is 3. The van der Waals surface area contributed by atoms with Gasteiger partial charge < -0.3 is 0 Å². The molecule has 4 nitrogen and oxygen atoms in total. The van der Waals surface area contributed by atoms with Gasteiger partial charge in [0, 0.05) is 31.0 Å². The Morgan fingerprint density at radius 2 is 1.85 bits per heavy atom. The van der Waals surface area contributed by atoms with E-state index >= 15 is 0 Å². The van der Waals surface area contributed by atoms with E-state index in [1.54, 1.807) is 48.8 Å². The Kier molecular flexibility index (Phi) is 4.06. The summed E-state index contributed by atoms with van der Waals surface area (Å²) in [6.07, 6.45) is 3.22. The first-order chi connectivity index (χ1) is 9.50. The fraction of sp³-hybridized carbons (Fsp3) is 0.133. The number of nitrogens with zero attached hydrogens (tertiary/aromatic N) is 2. The summed E-state index contributed by atoms with van der Waals surface area (Å²) in [5.41, 5.74) is 1.67. The van der Waals surface area contributed by atoms with Crippen molar-refractivity contribution in [2.75, 3.05) is 7.05 Å². The highest BCUT2D eigenvalue weighted by atomic mass is 32.2. The van der Waals surface area contributed by atoms with Crippen LogP contribution < -0.4 is 0 Å². The summed E-state index contributed by atoms with van der Waals surface area (Å²) in [7, 11) is -2.16. The summed E-state index contributed by atoms with van der Waals surface area (Å²) in [6, 6.07) is 12.8. The van der Waals surface area contributed by atoms with Gasteiger partial charge in [-0.15, -0.1) is 0 Å². The predicted octanol–water partition coefficient (Wildman–Crippen LogP) is 2.02. The molecule has 0 saturated carbocycles. The van der Waals surface area contributed by atoms with Crippen LogP contribution in [0.1, 0.15) is 11.1 Å². The largest absolute Gasteiger partial charge is 0.270 e. The summed E-state index contributed by atoms with van der Waals surface area (Å²) < 4.78 is 25.6. The number of benzene rings is 1. The van der Waals surface area contributed by atoms with Gasteiger partial charge in [0.1, 0.15) is 0 Å². The standard InChI is InChI=1S/C15H14N2O2S/c1-13-5-7-15(8-6-13)20(18,19)17(2)11-9-14-4-3-10-16-12-14/h3-8,10,12H,1-2H3. The van der Waals surface area contributed by atoms with Crippen molar-refractivity contribution in [1.29, 1.82) is 0 Å². The summed E-state index contributed by atoms with van der Waals surface area (Å²) in [6.45, 7) is 1.91. The Morgan fingerprint density at radius 1 is 1.15 bits per heavy atom. The minimum atomic E-state index is -3.59. The summed E-state index contributed by atoms with van der Waals surface area (Å²) in [5, 5.41) is 0. The van der Waals surface area contributed by atoms with Crippen molar-refractivity contribution < 1.29 is 8.42 Å². The maximum atomic E-state index is 12.3. The zero-order valence-electron chi connectivity index (χ0n) is 11.2. The Labute approximate surface area is 119 Å². The molecule has 0 saturated heterocycles. The Bertz CT molecular complexity index is 742. The highest BCUT2D eigenvalue weighted by Gasteiger charge is 2.17. The third kappa shape index (κ3) is 3.16. The van der Waals surface area contributed by atoms with Gasteiger partial charge in [-0.2, -0.15) is 0 Å². The van der Waals surface area contributed by atoms with E-state index in [1.165, 1.54) is 7.05 Å². The van der Waals surface area contributed by atoms with E-state index in [0.717, 1.165) is 9.87 Å². The van der Waals surface area contributed by atoms with Crippen molar-refractivity contribution >= 4 is 10.0 Å². The minimum absolute atomic E-state index is 0.228. The Morgan fingerprint density at radius 3 is 2.45 bits per heavy atom. The molecule has 102 valence electrons. The average molecular weight is 286 g/mol. The van der Waals surface area contributed by atoms with Gasteiger partial charge in [-0.1, -0.05) is 17.7 Å². The van der Waals surface area contributed by atoms with E-state index in [2.05, 4.69) is 16.9 Å². The van der Waals surface area contributed by atoms with Gasteiger partial charge >= 0.3 is 0 Å². The second-order valence-corrected chi connectivity index (χ2v) is 6.23. The molecule has 0 bridgehead atoms. The molecule has 0 N–H and O–H groups in total. The smallest absolute Gasteiger partial charge is 0.263 e. The van der Waals surface area contributed by atoms with Gasteiger partial charge in [0.05, 0.1) is 4.90 Å². The van der Waals surface area contributed by atoms with Gasteiger partial charge in [-0.05, 0) is 37.1 Å².